The Morgan fingerprint density at radius 1 is 0.769 bits per heavy atom. The summed E-state index contributed by atoms with van der Waals surface area (Å²) in [6, 6.07) is 0. The smallest absolute Gasteiger partial charge is 0.0540 e. The van der Waals surface area contributed by atoms with Crippen LogP contribution in [0.5, 0.6) is 0 Å². The molecule has 0 saturated heterocycles. The zero-order valence-corrected chi connectivity index (χ0v) is 9.39. The quantitative estimate of drug-likeness (QED) is 0.541. The van der Waals surface area contributed by atoms with Gasteiger partial charge >= 0.3 is 0 Å². The minimum Gasteiger partial charge on any atom is -0.393 e. The average molecular weight is 186 g/mol. The van der Waals surface area contributed by atoms with Crippen LogP contribution in [0, 0.1) is 0 Å². The van der Waals surface area contributed by atoms with E-state index >= 15 is 0 Å². The van der Waals surface area contributed by atoms with Gasteiger partial charge in [0.05, 0.1) is 6.10 Å². The molecule has 0 fully saturated rings. The maximum absolute atomic E-state index is 9.45. The summed E-state index contributed by atoms with van der Waals surface area (Å²) in [5.74, 6) is 0. The maximum Gasteiger partial charge on any atom is 0.0540 e. The molecule has 0 radical (unpaired) electrons. The highest BCUT2D eigenvalue weighted by Gasteiger charge is 2.01. The van der Waals surface area contributed by atoms with Crippen molar-refractivity contribution in [1.29, 1.82) is 0 Å². The molecule has 0 aromatic heterocycles. The fourth-order valence-corrected chi connectivity index (χ4v) is 1.64. The molecule has 80 valence electrons. The van der Waals surface area contributed by atoms with E-state index in [-0.39, 0.29) is 6.10 Å². The second-order valence-corrected chi connectivity index (χ2v) is 4.00. The van der Waals surface area contributed by atoms with Gasteiger partial charge in [-0.25, -0.2) is 0 Å². The van der Waals surface area contributed by atoms with Gasteiger partial charge in [-0.2, -0.15) is 0 Å². The molecule has 0 rings (SSSR count). The lowest BCUT2D eigenvalue weighted by molar-refractivity contribution is 0.150. The van der Waals surface area contributed by atoms with Gasteiger partial charge in [0.2, 0.25) is 0 Å². The highest BCUT2D eigenvalue weighted by Crippen LogP contribution is 2.10. The van der Waals surface area contributed by atoms with E-state index in [0.717, 1.165) is 19.3 Å². The van der Waals surface area contributed by atoms with Crippen LogP contribution in [-0.4, -0.2) is 11.2 Å². The SMILES string of the molecule is CCCCCCCC[C@H](O)CCC. The molecular weight excluding hydrogens is 160 g/mol. The van der Waals surface area contributed by atoms with Gasteiger partial charge in [-0.15, -0.1) is 0 Å². The van der Waals surface area contributed by atoms with Crippen LogP contribution >= 0.6 is 0 Å². The van der Waals surface area contributed by atoms with E-state index in [9.17, 15) is 5.11 Å². The predicted octanol–water partition coefficient (Wildman–Crippen LogP) is 3.90. The molecule has 0 aromatic rings. The molecule has 0 spiro atoms. The number of hydrogen-bond donors (Lipinski definition) is 1. The predicted molar refractivity (Wildman–Crippen MR) is 58.9 cm³/mol. The van der Waals surface area contributed by atoms with Crippen molar-refractivity contribution in [2.75, 3.05) is 0 Å². The summed E-state index contributed by atoms with van der Waals surface area (Å²) >= 11 is 0. The van der Waals surface area contributed by atoms with Crippen molar-refractivity contribution >= 4 is 0 Å². The third kappa shape index (κ3) is 9.88. The molecule has 1 atom stereocenters. The number of rotatable bonds is 9. The minimum atomic E-state index is -0.0313. The van der Waals surface area contributed by atoms with Crippen LogP contribution < -0.4 is 0 Å². The standard InChI is InChI=1S/C12H26O/c1-3-5-6-7-8-9-11-12(13)10-4-2/h12-13H,3-11H2,1-2H3/t12-/m1/s1. The Balaban J connectivity index is 2.97. The topological polar surface area (TPSA) is 20.2 Å². The Labute approximate surface area is 83.5 Å². The molecule has 0 aliphatic rings. The third-order valence-corrected chi connectivity index (χ3v) is 2.51. The lowest BCUT2D eigenvalue weighted by Gasteiger charge is -2.08. The summed E-state index contributed by atoms with van der Waals surface area (Å²) in [6.07, 6.45) is 11.0. The van der Waals surface area contributed by atoms with Crippen LogP contribution in [-0.2, 0) is 0 Å². The van der Waals surface area contributed by atoms with Gasteiger partial charge in [0.1, 0.15) is 0 Å². The van der Waals surface area contributed by atoms with E-state index in [2.05, 4.69) is 13.8 Å². The zero-order valence-electron chi connectivity index (χ0n) is 9.39. The van der Waals surface area contributed by atoms with E-state index < -0.39 is 0 Å². The Hall–Kier alpha value is -0.0400. The van der Waals surface area contributed by atoms with Gasteiger partial charge in [0, 0.05) is 0 Å². The Morgan fingerprint density at radius 2 is 1.38 bits per heavy atom. The van der Waals surface area contributed by atoms with Gasteiger partial charge in [-0.1, -0.05) is 58.8 Å². The lowest BCUT2D eigenvalue weighted by atomic mass is 10.0. The molecule has 13 heavy (non-hydrogen) atoms. The van der Waals surface area contributed by atoms with Crippen molar-refractivity contribution in [3.63, 3.8) is 0 Å². The van der Waals surface area contributed by atoms with Crippen molar-refractivity contribution in [1.82, 2.24) is 0 Å². The van der Waals surface area contributed by atoms with E-state index in [1.807, 2.05) is 0 Å². The van der Waals surface area contributed by atoms with Crippen molar-refractivity contribution < 1.29 is 5.11 Å². The summed E-state index contributed by atoms with van der Waals surface area (Å²) in [4.78, 5) is 0. The molecule has 0 saturated carbocycles. The molecule has 0 unspecified atom stereocenters. The molecule has 0 aliphatic heterocycles. The lowest BCUT2D eigenvalue weighted by Crippen LogP contribution is -2.04. The molecule has 1 nitrogen and oxygen atoms in total. The third-order valence-electron chi connectivity index (χ3n) is 2.51. The van der Waals surface area contributed by atoms with Gasteiger partial charge in [-0.05, 0) is 12.8 Å². The first-order valence-corrected chi connectivity index (χ1v) is 5.99. The van der Waals surface area contributed by atoms with E-state index in [0.29, 0.717) is 0 Å². The van der Waals surface area contributed by atoms with Crippen molar-refractivity contribution in [3.8, 4) is 0 Å². The van der Waals surface area contributed by atoms with Crippen LogP contribution in [0.2, 0.25) is 0 Å². The molecule has 0 bridgehead atoms. The molecular formula is C12H26O. The van der Waals surface area contributed by atoms with E-state index in [1.54, 1.807) is 0 Å². The minimum absolute atomic E-state index is 0.0313. The van der Waals surface area contributed by atoms with Gasteiger partial charge < -0.3 is 5.11 Å². The molecule has 1 heteroatoms. The van der Waals surface area contributed by atoms with Crippen molar-refractivity contribution in [2.24, 2.45) is 0 Å². The monoisotopic (exact) mass is 186 g/mol. The largest absolute Gasteiger partial charge is 0.393 e. The number of hydrogen-bond acceptors (Lipinski definition) is 1. The van der Waals surface area contributed by atoms with Crippen LogP contribution in [0.25, 0.3) is 0 Å². The maximum atomic E-state index is 9.45. The Morgan fingerprint density at radius 3 is 2.00 bits per heavy atom. The summed E-state index contributed by atoms with van der Waals surface area (Å²) in [5.41, 5.74) is 0. The summed E-state index contributed by atoms with van der Waals surface area (Å²) in [5, 5.41) is 9.45. The summed E-state index contributed by atoms with van der Waals surface area (Å²) in [7, 11) is 0. The van der Waals surface area contributed by atoms with Crippen LogP contribution in [0.15, 0.2) is 0 Å². The number of aliphatic hydroxyl groups excluding tert-OH is 1. The first kappa shape index (κ1) is 13.0. The van der Waals surface area contributed by atoms with Crippen LogP contribution in [0.1, 0.15) is 71.6 Å². The van der Waals surface area contributed by atoms with Crippen molar-refractivity contribution in [2.45, 2.75) is 77.7 Å². The van der Waals surface area contributed by atoms with Gasteiger partial charge in [0.25, 0.3) is 0 Å². The first-order chi connectivity index (χ1) is 6.31. The summed E-state index contributed by atoms with van der Waals surface area (Å²) in [6.45, 7) is 4.37. The van der Waals surface area contributed by atoms with Crippen LogP contribution in [0.3, 0.4) is 0 Å². The fourth-order valence-electron chi connectivity index (χ4n) is 1.64. The second-order valence-electron chi connectivity index (χ2n) is 4.00. The van der Waals surface area contributed by atoms with E-state index in [4.69, 9.17) is 0 Å². The molecule has 0 amide bonds. The highest BCUT2D eigenvalue weighted by molar-refractivity contribution is 4.54. The average Bonchev–Trinajstić information content (AvgIpc) is 2.11. The number of aliphatic hydroxyl groups is 1. The van der Waals surface area contributed by atoms with Gasteiger partial charge in [0.15, 0.2) is 0 Å². The highest BCUT2D eigenvalue weighted by atomic mass is 16.3. The number of unbranched alkanes of at least 4 members (excludes halogenated alkanes) is 5. The molecule has 1 N–H and O–H groups in total. The fraction of sp³-hybridized carbons (Fsp3) is 1.00. The summed E-state index contributed by atoms with van der Waals surface area (Å²) < 4.78 is 0. The molecule has 0 aliphatic carbocycles. The normalized spacial score (nSPS) is 13.2. The molecule has 0 heterocycles. The molecule has 0 aromatic carbocycles. The van der Waals surface area contributed by atoms with Crippen molar-refractivity contribution in [3.05, 3.63) is 0 Å². The van der Waals surface area contributed by atoms with Gasteiger partial charge in [-0.3, -0.25) is 0 Å². The Bertz CT molecular complexity index is 91.1. The Kier molecular flexibility index (Phi) is 10.0. The zero-order chi connectivity index (χ0) is 9.94. The van der Waals surface area contributed by atoms with Crippen LogP contribution in [0.4, 0.5) is 0 Å². The second kappa shape index (κ2) is 10.0. The first-order valence-electron chi connectivity index (χ1n) is 5.99. The van der Waals surface area contributed by atoms with E-state index in [1.165, 1.54) is 38.5 Å².